The maximum Gasteiger partial charge on any atom is 0.135 e. The minimum absolute atomic E-state index is 0.440. The maximum atomic E-state index is 5.88. The summed E-state index contributed by atoms with van der Waals surface area (Å²) in [5.74, 6) is 1.35. The van der Waals surface area contributed by atoms with Gasteiger partial charge in [-0.25, -0.2) is 9.97 Å². The molecular weight excluding hydrogens is 302 g/mol. The number of nitrogens with zero attached hydrogens (tertiary/aromatic N) is 2. The minimum atomic E-state index is 0.440. The summed E-state index contributed by atoms with van der Waals surface area (Å²) in [5.41, 5.74) is 2.13. The fraction of sp³-hybridized carbons (Fsp3) is 0.167. The highest BCUT2D eigenvalue weighted by atomic mass is 79.9. The number of hydrogen-bond acceptors (Lipinski definition) is 3. The van der Waals surface area contributed by atoms with Crippen molar-refractivity contribution in [2.75, 3.05) is 5.32 Å². The van der Waals surface area contributed by atoms with E-state index < -0.39 is 0 Å². The predicted molar refractivity (Wildman–Crippen MR) is 73.9 cm³/mol. The molecule has 0 aliphatic rings. The van der Waals surface area contributed by atoms with Gasteiger partial charge in [-0.15, -0.1) is 0 Å². The molecule has 0 fully saturated rings. The van der Waals surface area contributed by atoms with Crippen molar-refractivity contribution in [3.63, 3.8) is 0 Å². The number of aryl methyl sites for hydroxylation is 2. The van der Waals surface area contributed by atoms with E-state index in [2.05, 4.69) is 31.2 Å². The molecule has 1 heterocycles. The molecular formula is C12H11BrClN3. The summed E-state index contributed by atoms with van der Waals surface area (Å²) < 4.78 is 1.05. The van der Waals surface area contributed by atoms with E-state index in [1.165, 1.54) is 0 Å². The average molecular weight is 313 g/mol. The zero-order chi connectivity index (χ0) is 12.4. The Kier molecular flexibility index (Phi) is 3.64. The molecule has 5 heteroatoms. The number of halogens is 2. The van der Waals surface area contributed by atoms with Crippen molar-refractivity contribution in [2.45, 2.75) is 13.8 Å². The van der Waals surface area contributed by atoms with Gasteiger partial charge in [0, 0.05) is 16.2 Å². The summed E-state index contributed by atoms with van der Waals surface area (Å²) in [6.45, 7) is 3.84. The molecule has 0 aliphatic carbocycles. The molecule has 2 rings (SSSR count). The molecule has 0 bridgehead atoms. The zero-order valence-corrected chi connectivity index (χ0v) is 11.8. The Balaban J connectivity index is 2.31. The third kappa shape index (κ3) is 3.17. The van der Waals surface area contributed by atoms with Crippen LogP contribution in [0.15, 0.2) is 28.7 Å². The molecule has 1 aromatic heterocycles. The zero-order valence-electron chi connectivity index (χ0n) is 9.46. The molecule has 0 aliphatic heterocycles. The first-order valence-corrected chi connectivity index (χ1v) is 6.26. The van der Waals surface area contributed by atoms with Gasteiger partial charge >= 0.3 is 0 Å². The first kappa shape index (κ1) is 12.3. The molecule has 2 aromatic rings. The lowest BCUT2D eigenvalue weighted by Crippen LogP contribution is -1.98. The Morgan fingerprint density at radius 2 is 1.94 bits per heavy atom. The Morgan fingerprint density at radius 3 is 2.59 bits per heavy atom. The molecule has 17 heavy (non-hydrogen) atoms. The van der Waals surface area contributed by atoms with Crippen molar-refractivity contribution in [2.24, 2.45) is 0 Å². The van der Waals surface area contributed by atoms with E-state index in [1.54, 1.807) is 6.07 Å². The maximum absolute atomic E-state index is 5.88. The van der Waals surface area contributed by atoms with Gasteiger partial charge in [0.2, 0.25) is 0 Å². The van der Waals surface area contributed by atoms with Crippen LogP contribution in [0.2, 0.25) is 5.15 Å². The molecule has 0 atom stereocenters. The predicted octanol–water partition coefficient (Wildman–Crippen LogP) is 4.25. The Morgan fingerprint density at radius 1 is 1.18 bits per heavy atom. The molecule has 0 unspecified atom stereocenters. The van der Waals surface area contributed by atoms with Crippen molar-refractivity contribution in [1.82, 2.24) is 9.97 Å². The van der Waals surface area contributed by atoms with Crippen LogP contribution in [-0.2, 0) is 0 Å². The summed E-state index contributed by atoms with van der Waals surface area (Å²) in [4.78, 5) is 8.29. The van der Waals surface area contributed by atoms with E-state index in [0.717, 1.165) is 15.7 Å². The molecule has 0 radical (unpaired) electrons. The quantitative estimate of drug-likeness (QED) is 0.842. The van der Waals surface area contributed by atoms with E-state index in [0.29, 0.717) is 16.8 Å². The number of benzene rings is 1. The van der Waals surface area contributed by atoms with E-state index in [9.17, 15) is 0 Å². The standard InChI is InChI=1S/C12H11BrClN3/c1-7-5-9(13)3-4-10(7)17-12-6-11(14)15-8(2)16-12/h3-6H,1-2H3,(H,15,16,17). The van der Waals surface area contributed by atoms with Gasteiger partial charge in [0.25, 0.3) is 0 Å². The Labute approximate surface area is 113 Å². The first-order valence-electron chi connectivity index (χ1n) is 5.09. The number of anilines is 2. The van der Waals surface area contributed by atoms with Crippen LogP contribution in [0.3, 0.4) is 0 Å². The van der Waals surface area contributed by atoms with Crippen LogP contribution in [0.4, 0.5) is 11.5 Å². The average Bonchev–Trinajstić information content (AvgIpc) is 2.21. The van der Waals surface area contributed by atoms with Gasteiger partial charge in [-0.1, -0.05) is 27.5 Å². The van der Waals surface area contributed by atoms with Crippen molar-refractivity contribution in [1.29, 1.82) is 0 Å². The van der Waals surface area contributed by atoms with Crippen LogP contribution in [0, 0.1) is 13.8 Å². The van der Waals surface area contributed by atoms with Crippen molar-refractivity contribution >= 4 is 39.0 Å². The van der Waals surface area contributed by atoms with E-state index >= 15 is 0 Å². The van der Waals surface area contributed by atoms with Crippen LogP contribution in [-0.4, -0.2) is 9.97 Å². The van der Waals surface area contributed by atoms with Crippen LogP contribution in [0.5, 0.6) is 0 Å². The molecule has 0 spiro atoms. The Hall–Kier alpha value is -1.13. The SMILES string of the molecule is Cc1nc(Cl)cc(Nc2ccc(Br)cc2C)n1. The number of nitrogens with one attached hydrogen (secondary N) is 1. The highest BCUT2D eigenvalue weighted by molar-refractivity contribution is 9.10. The molecule has 0 saturated carbocycles. The van der Waals surface area contributed by atoms with Gasteiger partial charge in [0.1, 0.15) is 16.8 Å². The molecule has 1 N–H and O–H groups in total. The second-order valence-electron chi connectivity index (χ2n) is 3.71. The van der Waals surface area contributed by atoms with Gasteiger partial charge in [0.05, 0.1) is 0 Å². The summed E-state index contributed by atoms with van der Waals surface area (Å²) in [6, 6.07) is 7.71. The molecule has 1 aromatic carbocycles. The second-order valence-corrected chi connectivity index (χ2v) is 5.01. The van der Waals surface area contributed by atoms with Crippen molar-refractivity contribution in [3.8, 4) is 0 Å². The smallest absolute Gasteiger partial charge is 0.135 e. The lowest BCUT2D eigenvalue weighted by atomic mass is 10.2. The second kappa shape index (κ2) is 5.02. The largest absolute Gasteiger partial charge is 0.340 e. The van der Waals surface area contributed by atoms with Gasteiger partial charge in [0.15, 0.2) is 0 Å². The normalized spacial score (nSPS) is 10.4. The van der Waals surface area contributed by atoms with Gasteiger partial charge in [-0.2, -0.15) is 0 Å². The van der Waals surface area contributed by atoms with E-state index in [4.69, 9.17) is 11.6 Å². The van der Waals surface area contributed by atoms with Crippen LogP contribution in [0.1, 0.15) is 11.4 Å². The summed E-state index contributed by atoms with van der Waals surface area (Å²) in [5, 5.41) is 3.66. The topological polar surface area (TPSA) is 37.8 Å². The monoisotopic (exact) mass is 311 g/mol. The lowest BCUT2D eigenvalue weighted by Gasteiger charge is -2.09. The van der Waals surface area contributed by atoms with Gasteiger partial charge < -0.3 is 5.32 Å². The van der Waals surface area contributed by atoms with Crippen molar-refractivity contribution in [3.05, 3.63) is 45.3 Å². The fourth-order valence-electron chi connectivity index (χ4n) is 1.50. The Bertz CT molecular complexity index is 537. The van der Waals surface area contributed by atoms with Gasteiger partial charge in [-0.05, 0) is 37.6 Å². The summed E-state index contributed by atoms with van der Waals surface area (Å²) in [7, 11) is 0. The summed E-state index contributed by atoms with van der Waals surface area (Å²) >= 11 is 9.31. The third-order valence-corrected chi connectivity index (χ3v) is 2.94. The molecule has 0 saturated heterocycles. The highest BCUT2D eigenvalue weighted by Crippen LogP contribution is 2.23. The molecule has 3 nitrogen and oxygen atoms in total. The first-order chi connectivity index (χ1) is 8.04. The van der Waals surface area contributed by atoms with Crippen molar-refractivity contribution < 1.29 is 0 Å². The van der Waals surface area contributed by atoms with E-state index in [-0.39, 0.29) is 0 Å². The lowest BCUT2D eigenvalue weighted by molar-refractivity contribution is 1.06. The fourth-order valence-corrected chi connectivity index (χ4v) is 2.20. The van der Waals surface area contributed by atoms with Crippen LogP contribution < -0.4 is 5.32 Å². The third-order valence-electron chi connectivity index (χ3n) is 2.26. The van der Waals surface area contributed by atoms with Crippen LogP contribution >= 0.6 is 27.5 Å². The molecule has 0 amide bonds. The van der Waals surface area contributed by atoms with E-state index in [1.807, 2.05) is 32.0 Å². The number of hydrogen-bond donors (Lipinski definition) is 1. The minimum Gasteiger partial charge on any atom is -0.340 e. The summed E-state index contributed by atoms with van der Waals surface area (Å²) in [6.07, 6.45) is 0. The molecule has 88 valence electrons. The van der Waals surface area contributed by atoms with Gasteiger partial charge in [-0.3, -0.25) is 0 Å². The van der Waals surface area contributed by atoms with Crippen LogP contribution in [0.25, 0.3) is 0 Å². The highest BCUT2D eigenvalue weighted by Gasteiger charge is 2.03. The number of rotatable bonds is 2. The number of aromatic nitrogens is 2.